The van der Waals surface area contributed by atoms with Crippen molar-refractivity contribution in [3.05, 3.63) is 70.7 Å². The Bertz CT molecular complexity index is 934. The number of benzene rings is 1. The number of aryl methyl sites for hydroxylation is 2. The summed E-state index contributed by atoms with van der Waals surface area (Å²) in [6.45, 7) is 4.99. The molecule has 4 rings (SSSR count). The van der Waals surface area contributed by atoms with Crippen LogP contribution in [-0.2, 0) is 19.4 Å². The molecular formula is C23H30N6S. The lowest BCUT2D eigenvalue weighted by Gasteiger charge is -2.39. The van der Waals surface area contributed by atoms with Gasteiger partial charge >= 0.3 is 0 Å². The van der Waals surface area contributed by atoms with Crippen LogP contribution in [0.3, 0.4) is 0 Å². The maximum Gasteiger partial charge on any atom is 0.194 e. The number of hydrogen-bond acceptors (Lipinski definition) is 4. The normalized spacial score (nSPS) is 19.8. The van der Waals surface area contributed by atoms with Crippen molar-refractivity contribution in [2.75, 3.05) is 20.1 Å². The molecule has 0 saturated carbocycles. The van der Waals surface area contributed by atoms with E-state index in [1.807, 2.05) is 19.6 Å². The largest absolute Gasteiger partial charge is 0.351 e. The Balaban J connectivity index is 1.31. The number of hydrogen-bond donors (Lipinski definition) is 1. The van der Waals surface area contributed by atoms with Crippen LogP contribution in [0.5, 0.6) is 0 Å². The third-order valence-electron chi connectivity index (χ3n) is 5.84. The molecule has 7 heteroatoms. The standard InChI is InChI=1S/C23H30N6S/c1-18-10-12-28(15-21(18)29-13-11-25-17-29)23(24-2)26-14-20-16-30-22(27-20)9-8-19-6-4-3-5-7-19/h3-7,11,13,16-18,21H,8-10,12,14-15H2,1-2H3,(H,24,26). The molecule has 0 radical (unpaired) electrons. The molecule has 2 unspecified atom stereocenters. The summed E-state index contributed by atoms with van der Waals surface area (Å²) in [6, 6.07) is 11.0. The van der Waals surface area contributed by atoms with E-state index >= 15 is 0 Å². The number of nitrogens with zero attached hydrogens (tertiary/aromatic N) is 5. The van der Waals surface area contributed by atoms with E-state index in [4.69, 9.17) is 4.98 Å². The molecule has 3 aromatic rings. The minimum Gasteiger partial charge on any atom is -0.351 e. The van der Waals surface area contributed by atoms with E-state index in [2.05, 4.69) is 73.6 Å². The quantitative estimate of drug-likeness (QED) is 0.485. The molecule has 2 aromatic heterocycles. The Morgan fingerprint density at radius 1 is 1.27 bits per heavy atom. The average Bonchev–Trinajstić information content (AvgIpc) is 3.47. The van der Waals surface area contributed by atoms with Crippen LogP contribution in [0.15, 0.2) is 59.4 Å². The number of rotatable bonds is 6. The molecule has 3 heterocycles. The second kappa shape index (κ2) is 9.89. The van der Waals surface area contributed by atoms with Gasteiger partial charge in [0.25, 0.3) is 0 Å². The van der Waals surface area contributed by atoms with Crippen molar-refractivity contribution in [3.63, 3.8) is 0 Å². The van der Waals surface area contributed by atoms with Gasteiger partial charge in [0.2, 0.25) is 0 Å². The molecule has 0 amide bonds. The highest BCUT2D eigenvalue weighted by Crippen LogP contribution is 2.27. The third-order valence-corrected chi connectivity index (χ3v) is 6.79. The van der Waals surface area contributed by atoms with E-state index in [1.165, 1.54) is 10.6 Å². The number of likely N-dealkylation sites (tertiary alicyclic amines) is 1. The van der Waals surface area contributed by atoms with E-state index in [-0.39, 0.29) is 0 Å². The molecule has 158 valence electrons. The highest BCUT2D eigenvalue weighted by atomic mass is 32.1. The summed E-state index contributed by atoms with van der Waals surface area (Å²) in [5, 5.41) is 6.87. The number of imidazole rings is 1. The number of nitrogens with one attached hydrogen (secondary N) is 1. The number of guanidine groups is 1. The predicted molar refractivity (Wildman–Crippen MR) is 123 cm³/mol. The van der Waals surface area contributed by atoms with Gasteiger partial charge in [0.05, 0.1) is 29.6 Å². The molecule has 6 nitrogen and oxygen atoms in total. The van der Waals surface area contributed by atoms with E-state index in [1.54, 1.807) is 11.3 Å². The van der Waals surface area contributed by atoms with Gasteiger partial charge in [-0.1, -0.05) is 37.3 Å². The predicted octanol–water partition coefficient (Wildman–Crippen LogP) is 3.78. The van der Waals surface area contributed by atoms with Crippen LogP contribution in [0.1, 0.15) is 35.7 Å². The van der Waals surface area contributed by atoms with E-state index in [9.17, 15) is 0 Å². The number of aromatic nitrogens is 3. The zero-order valence-electron chi connectivity index (χ0n) is 17.7. The lowest BCUT2D eigenvalue weighted by Crippen LogP contribution is -2.48. The zero-order chi connectivity index (χ0) is 20.8. The van der Waals surface area contributed by atoms with Gasteiger partial charge in [-0.15, -0.1) is 11.3 Å². The van der Waals surface area contributed by atoms with Gasteiger partial charge in [0.15, 0.2) is 5.96 Å². The molecule has 1 aliphatic rings. The van der Waals surface area contributed by atoms with Crippen molar-refractivity contribution in [2.45, 2.75) is 38.8 Å². The molecule has 1 N–H and O–H groups in total. The third kappa shape index (κ3) is 5.08. The first kappa shape index (κ1) is 20.6. The second-order valence-electron chi connectivity index (χ2n) is 7.91. The summed E-state index contributed by atoms with van der Waals surface area (Å²) in [6.07, 6.45) is 9.00. The summed E-state index contributed by atoms with van der Waals surface area (Å²) in [4.78, 5) is 15.9. The smallest absolute Gasteiger partial charge is 0.194 e. The fourth-order valence-corrected chi connectivity index (χ4v) is 4.84. The Morgan fingerprint density at radius 3 is 2.90 bits per heavy atom. The van der Waals surface area contributed by atoms with Gasteiger partial charge in [0.1, 0.15) is 0 Å². The van der Waals surface area contributed by atoms with Crippen LogP contribution in [0.2, 0.25) is 0 Å². The first-order valence-electron chi connectivity index (χ1n) is 10.6. The van der Waals surface area contributed by atoms with E-state index < -0.39 is 0 Å². The van der Waals surface area contributed by atoms with Crippen LogP contribution < -0.4 is 5.32 Å². The molecule has 2 atom stereocenters. The maximum atomic E-state index is 4.81. The number of piperidine rings is 1. The maximum absolute atomic E-state index is 4.81. The first-order valence-corrected chi connectivity index (χ1v) is 11.5. The summed E-state index contributed by atoms with van der Waals surface area (Å²) >= 11 is 1.75. The van der Waals surface area contributed by atoms with Crippen LogP contribution in [0.25, 0.3) is 0 Å². The molecule has 0 bridgehead atoms. The van der Waals surface area contributed by atoms with Crippen LogP contribution in [0, 0.1) is 5.92 Å². The summed E-state index contributed by atoms with van der Waals surface area (Å²) in [5.74, 6) is 1.57. The van der Waals surface area contributed by atoms with E-state index in [0.29, 0.717) is 18.5 Å². The fourth-order valence-electron chi connectivity index (χ4n) is 4.04. The Labute approximate surface area is 182 Å². The van der Waals surface area contributed by atoms with Gasteiger partial charge in [-0.2, -0.15) is 0 Å². The van der Waals surface area contributed by atoms with Gasteiger partial charge < -0.3 is 14.8 Å². The molecule has 0 spiro atoms. The Morgan fingerprint density at radius 2 is 2.13 bits per heavy atom. The second-order valence-corrected chi connectivity index (χ2v) is 8.85. The zero-order valence-corrected chi connectivity index (χ0v) is 18.6. The van der Waals surface area contributed by atoms with Gasteiger partial charge in [-0.25, -0.2) is 9.97 Å². The average molecular weight is 423 g/mol. The molecule has 1 aromatic carbocycles. The van der Waals surface area contributed by atoms with Crippen LogP contribution >= 0.6 is 11.3 Å². The summed E-state index contributed by atoms with van der Waals surface area (Å²) in [5.41, 5.74) is 2.44. The fraction of sp³-hybridized carbons (Fsp3) is 0.435. The lowest BCUT2D eigenvalue weighted by atomic mass is 9.93. The van der Waals surface area contributed by atoms with Crippen molar-refractivity contribution in [2.24, 2.45) is 10.9 Å². The van der Waals surface area contributed by atoms with Crippen molar-refractivity contribution in [3.8, 4) is 0 Å². The van der Waals surface area contributed by atoms with Crippen molar-refractivity contribution >= 4 is 17.3 Å². The van der Waals surface area contributed by atoms with Gasteiger partial charge in [-0.3, -0.25) is 4.99 Å². The molecular weight excluding hydrogens is 392 g/mol. The van der Waals surface area contributed by atoms with Crippen LogP contribution in [0.4, 0.5) is 0 Å². The Kier molecular flexibility index (Phi) is 6.79. The molecule has 1 fully saturated rings. The Hall–Kier alpha value is -2.67. The summed E-state index contributed by atoms with van der Waals surface area (Å²) < 4.78 is 2.23. The highest BCUT2D eigenvalue weighted by molar-refractivity contribution is 7.09. The molecule has 1 aliphatic heterocycles. The van der Waals surface area contributed by atoms with Gasteiger partial charge in [0, 0.05) is 44.3 Å². The first-order chi connectivity index (χ1) is 14.7. The lowest BCUT2D eigenvalue weighted by molar-refractivity contribution is 0.189. The topological polar surface area (TPSA) is 58.3 Å². The van der Waals surface area contributed by atoms with Gasteiger partial charge in [-0.05, 0) is 24.3 Å². The highest BCUT2D eigenvalue weighted by Gasteiger charge is 2.28. The minimum atomic E-state index is 0.420. The van der Waals surface area contributed by atoms with Crippen molar-refractivity contribution in [1.29, 1.82) is 0 Å². The molecule has 0 aliphatic carbocycles. The summed E-state index contributed by atoms with van der Waals surface area (Å²) in [7, 11) is 1.86. The SMILES string of the molecule is CN=C(NCc1csc(CCc2ccccc2)n1)N1CCC(C)C(n2ccnc2)C1. The van der Waals surface area contributed by atoms with E-state index in [0.717, 1.165) is 44.0 Å². The van der Waals surface area contributed by atoms with Crippen LogP contribution in [-0.4, -0.2) is 45.5 Å². The van der Waals surface area contributed by atoms with Crippen molar-refractivity contribution in [1.82, 2.24) is 24.8 Å². The molecule has 30 heavy (non-hydrogen) atoms. The monoisotopic (exact) mass is 422 g/mol. The molecule has 1 saturated heterocycles. The number of aliphatic imine (C=N–C) groups is 1. The number of thiazole rings is 1. The minimum absolute atomic E-state index is 0.420. The van der Waals surface area contributed by atoms with Crippen molar-refractivity contribution < 1.29 is 0 Å².